The smallest absolute Gasteiger partial charge is 0.271 e. The van der Waals surface area contributed by atoms with E-state index in [1.165, 1.54) is 24.3 Å². The number of carbonyl (C=O) groups excluding carboxylic acids is 2. The van der Waals surface area contributed by atoms with E-state index in [2.05, 4.69) is 0 Å². The quantitative estimate of drug-likeness (QED) is 0.336. The largest absolute Gasteiger partial charge is 0.497 e. The third kappa shape index (κ3) is 3.39. The first kappa shape index (κ1) is 20.7. The topological polar surface area (TPSA) is 102 Å². The Balaban J connectivity index is 1.59. The molecule has 9 nitrogen and oxygen atoms in total. The Bertz CT molecular complexity index is 1250. The normalized spacial score (nSPS) is 21.9. The van der Waals surface area contributed by atoms with Crippen molar-refractivity contribution in [2.75, 3.05) is 17.1 Å². The lowest BCUT2D eigenvalue weighted by Gasteiger charge is -2.28. The molecule has 2 fully saturated rings. The van der Waals surface area contributed by atoms with Crippen LogP contribution in [0, 0.1) is 16.0 Å². The van der Waals surface area contributed by atoms with Crippen molar-refractivity contribution in [3.8, 4) is 5.75 Å². The Morgan fingerprint density at radius 3 is 2.36 bits per heavy atom. The molecule has 2 saturated heterocycles. The third-order valence-electron chi connectivity index (χ3n) is 5.86. The highest BCUT2D eigenvalue weighted by Crippen LogP contribution is 2.48. The summed E-state index contributed by atoms with van der Waals surface area (Å²) < 4.78 is 5.36. The Kier molecular flexibility index (Phi) is 5.02. The van der Waals surface area contributed by atoms with E-state index in [0.717, 1.165) is 10.5 Å². The Morgan fingerprint density at radius 2 is 1.64 bits per heavy atom. The van der Waals surface area contributed by atoms with E-state index in [-0.39, 0.29) is 11.4 Å². The van der Waals surface area contributed by atoms with Crippen LogP contribution in [0.1, 0.15) is 11.6 Å². The second-order valence-corrected chi connectivity index (χ2v) is 7.72. The van der Waals surface area contributed by atoms with Crippen LogP contribution >= 0.6 is 0 Å². The van der Waals surface area contributed by atoms with Crippen molar-refractivity contribution in [3.05, 3.63) is 94.5 Å². The molecule has 166 valence electrons. The van der Waals surface area contributed by atoms with Gasteiger partial charge in [0.15, 0.2) is 6.10 Å². The maximum Gasteiger partial charge on any atom is 0.271 e. The second-order valence-electron chi connectivity index (χ2n) is 7.72. The molecule has 33 heavy (non-hydrogen) atoms. The molecule has 0 aliphatic carbocycles. The average Bonchev–Trinajstić information content (AvgIpc) is 3.35. The molecule has 3 aromatic rings. The Hall–Kier alpha value is -4.24. The van der Waals surface area contributed by atoms with Crippen molar-refractivity contribution < 1.29 is 24.1 Å². The lowest BCUT2D eigenvalue weighted by Crippen LogP contribution is -2.37. The van der Waals surface area contributed by atoms with Crippen LogP contribution in [-0.2, 0) is 14.4 Å². The van der Waals surface area contributed by atoms with Gasteiger partial charge in [0, 0.05) is 12.1 Å². The van der Waals surface area contributed by atoms with Gasteiger partial charge in [-0.25, -0.2) is 9.96 Å². The number of fused-ring (bicyclic) bond motifs is 1. The number of rotatable bonds is 5. The zero-order valence-corrected chi connectivity index (χ0v) is 17.5. The molecule has 2 heterocycles. The lowest BCUT2D eigenvalue weighted by atomic mass is 9.90. The fourth-order valence-electron chi connectivity index (χ4n) is 4.38. The molecule has 0 bridgehead atoms. The van der Waals surface area contributed by atoms with Crippen molar-refractivity contribution in [1.29, 1.82) is 0 Å². The Morgan fingerprint density at radius 1 is 0.909 bits per heavy atom. The van der Waals surface area contributed by atoms with E-state index in [4.69, 9.17) is 9.57 Å². The van der Waals surface area contributed by atoms with Crippen LogP contribution in [0.25, 0.3) is 0 Å². The molecule has 9 heteroatoms. The van der Waals surface area contributed by atoms with E-state index >= 15 is 0 Å². The summed E-state index contributed by atoms with van der Waals surface area (Å²) in [5, 5.41) is 12.8. The van der Waals surface area contributed by atoms with Crippen LogP contribution in [0.3, 0.4) is 0 Å². The summed E-state index contributed by atoms with van der Waals surface area (Å²) in [4.78, 5) is 44.6. The number of hydrogen-bond donors (Lipinski definition) is 0. The minimum absolute atomic E-state index is 0.146. The number of ether oxygens (including phenoxy) is 1. The van der Waals surface area contributed by atoms with Gasteiger partial charge < -0.3 is 4.74 Å². The van der Waals surface area contributed by atoms with Crippen molar-refractivity contribution in [2.45, 2.75) is 12.1 Å². The number of anilines is 2. The van der Waals surface area contributed by atoms with Gasteiger partial charge in [0.2, 0.25) is 5.91 Å². The van der Waals surface area contributed by atoms with E-state index < -0.39 is 34.8 Å². The summed E-state index contributed by atoms with van der Waals surface area (Å²) in [6, 6.07) is 21.3. The highest BCUT2D eigenvalue weighted by Gasteiger charge is 2.60. The molecule has 0 unspecified atom stereocenters. The third-order valence-corrected chi connectivity index (χ3v) is 5.86. The van der Waals surface area contributed by atoms with E-state index in [0.29, 0.717) is 11.4 Å². The summed E-state index contributed by atoms with van der Waals surface area (Å²) in [6.45, 7) is 0. The molecule has 0 aromatic heterocycles. The molecule has 2 aliphatic heterocycles. The lowest BCUT2D eigenvalue weighted by molar-refractivity contribution is -0.384. The van der Waals surface area contributed by atoms with Gasteiger partial charge in [0.1, 0.15) is 11.7 Å². The number of hydrogen-bond acceptors (Lipinski definition) is 7. The molecule has 3 atom stereocenters. The molecule has 2 aliphatic rings. The van der Waals surface area contributed by atoms with Crippen molar-refractivity contribution in [1.82, 2.24) is 0 Å². The van der Waals surface area contributed by atoms with Crippen molar-refractivity contribution in [3.63, 3.8) is 0 Å². The highest BCUT2D eigenvalue weighted by atomic mass is 16.7. The molecule has 0 radical (unpaired) electrons. The van der Waals surface area contributed by atoms with Gasteiger partial charge in [-0.1, -0.05) is 36.4 Å². The predicted molar refractivity (Wildman–Crippen MR) is 119 cm³/mol. The van der Waals surface area contributed by atoms with Crippen LogP contribution in [0.4, 0.5) is 17.1 Å². The van der Waals surface area contributed by atoms with Crippen molar-refractivity contribution >= 4 is 28.9 Å². The minimum atomic E-state index is -1.06. The van der Waals surface area contributed by atoms with E-state index in [1.807, 2.05) is 42.5 Å². The van der Waals surface area contributed by atoms with Crippen LogP contribution < -0.4 is 14.7 Å². The second kappa shape index (κ2) is 8.03. The van der Waals surface area contributed by atoms with Gasteiger partial charge in [-0.2, -0.15) is 0 Å². The first-order valence-corrected chi connectivity index (χ1v) is 10.3. The van der Waals surface area contributed by atoms with E-state index in [9.17, 15) is 19.7 Å². The summed E-state index contributed by atoms with van der Waals surface area (Å²) >= 11 is 0. The van der Waals surface area contributed by atoms with Gasteiger partial charge in [0.25, 0.3) is 11.6 Å². The van der Waals surface area contributed by atoms with Crippen molar-refractivity contribution in [2.24, 2.45) is 5.92 Å². The number of nitrogens with zero attached hydrogens (tertiary/aromatic N) is 3. The van der Waals surface area contributed by atoms with Crippen LogP contribution in [-0.4, -0.2) is 30.0 Å². The highest BCUT2D eigenvalue weighted by molar-refractivity contribution is 6.24. The van der Waals surface area contributed by atoms with Gasteiger partial charge >= 0.3 is 0 Å². The maximum absolute atomic E-state index is 13.6. The summed E-state index contributed by atoms with van der Waals surface area (Å²) in [6.07, 6.45) is -1.06. The number of carbonyl (C=O) groups is 2. The van der Waals surface area contributed by atoms with Crippen LogP contribution in [0.2, 0.25) is 0 Å². The number of nitro benzene ring substituents is 1. The summed E-state index contributed by atoms with van der Waals surface area (Å²) in [5.74, 6) is -1.27. The fraction of sp³-hybridized carbons (Fsp3) is 0.167. The number of amides is 2. The molecule has 2 amide bonds. The van der Waals surface area contributed by atoms with Crippen LogP contribution in [0.15, 0.2) is 78.9 Å². The molecular weight excluding hydrogens is 426 g/mol. The fourth-order valence-corrected chi connectivity index (χ4v) is 4.38. The molecule has 0 saturated carbocycles. The number of hydroxylamine groups is 1. The Labute approximate surface area is 188 Å². The molecule has 0 spiro atoms. The predicted octanol–water partition coefficient (Wildman–Crippen LogP) is 3.65. The number of non-ortho nitro benzene ring substituents is 1. The monoisotopic (exact) mass is 445 g/mol. The van der Waals surface area contributed by atoms with E-state index in [1.54, 1.807) is 24.3 Å². The first-order chi connectivity index (χ1) is 16.0. The zero-order valence-electron chi connectivity index (χ0n) is 17.5. The number of methoxy groups -OCH3 is 1. The maximum atomic E-state index is 13.6. The SMILES string of the molecule is COc1cccc([C@H]2[C@H]3C(=O)N(c4cccc([N+](=O)[O-])c4)C(=O)[C@@H]3ON2c2ccccc2)c1. The van der Waals surface area contributed by atoms with Gasteiger partial charge in [-0.15, -0.1) is 0 Å². The molecule has 0 N–H and O–H groups in total. The minimum Gasteiger partial charge on any atom is -0.497 e. The number of para-hydroxylation sites is 1. The van der Waals surface area contributed by atoms with Gasteiger partial charge in [0.05, 0.1) is 29.4 Å². The molecule has 3 aromatic carbocycles. The van der Waals surface area contributed by atoms with Gasteiger partial charge in [-0.05, 0) is 35.9 Å². The summed E-state index contributed by atoms with van der Waals surface area (Å²) in [5.41, 5.74) is 1.38. The summed E-state index contributed by atoms with van der Waals surface area (Å²) in [7, 11) is 1.55. The van der Waals surface area contributed by atoms with Gasteiger partial charge in [-0.3, -0.25) is 24.5 Å². The molecule has 5 rings (SSSR count). The molecular formula is C24H19N3O6. The standard InChI is InChI=1S/C24H19N3O6/c1-32-19-12-5-7-15(13-19)21-20-22(33-26(21)16-8-3-2-4-9-16)24(29)25(23(20)28)17-10-6-11-18(14-17)27(30)31/h2-14,20-22H,1H3/t20-,21+,22-/m1/s1. The average molecular weight is 445 g/mol. The number of nitro groups is 1. The van der Waals surface area contributed by atoms with Crippen LogP contribution in [0.5, 0.6) is 5.75 Å². The number of imide groups is 1. The first-order valence-electron chi connectivity index (χ1n) is 10.3. The number of benzene rings is 3. The zero-order chi connectivity index (χ0) is 23.1.